The van der Waals surface area contributed by atoms with E-state index in [1.54, 1.807) is 6.92 Å². The van der Waals surface area contributed by atoms with E-state index in [9.17, 15) is 22.8 Å². The van der Waals surface area contributed by atoms with Crippen LogP contribution in [0, 0.1) is 17.8 Å². The summed E-state index contributed by atoms with van der Waals surface area (Å²) in [5.74, 6) is -3.64. The Morgan fingerprint density at radius 2 is 1.76 bits per heavy atom. The van der Waals surface area contributed by atoms with Crippen molar-refractivity contribution in [2.24, 2.45) is 17.8 Å². The average molecular weight is 309 g/mol. The van der Waals surface area contributed by atoms with Gasteiger partial charge in [0.15, 0.2) is 0 Å². The summed E-state index contributed by atoms with van der Waals surface area (Å²) in [5, 5.41) is 11.6. The standard InChI is InChI=1S/C14H22F3NO3/c1-3-8(2)11(13(20)21)18-12(19)9-4-6-10(7-5-9)14(15,16)17/h8-11H,3-7H2,1-2H3,(H,18,19)(H,20,21)/t8?,9?,10?,11-/m0/s1. The van der Waals surface area contributed by atoms with Crippen LogP contribution in [0.2, 0.25) is 0 Å². The molecule has 2 atom stereocenters. The molecule has 0 saturated heterocycles. The summed E-state index contributed by atoms with van der Waals surface area (Å²) >= 11 is 0. The van der Waals surface area contributed by atoms with Crippen LogP contribution in [-0.4, -0.2) is 29.2 Å². The number of carboxylic acids is 1. The quantitative estimate of drug-likeness (QED) is 0.820. The van der Waals surface area contributed by atoms with Gasteiger partial charge in [0.1, 0.15) is 6.04 Å². The minimum Gasteiger partial charge on any atom is -0.480 e. The lowest BCUT2D eigenvalue weighted by Gasteiger charge is -2.30. The fraction of sp³-hybridized carbons (Fsp3) is 0.857. The third kappa shape index (κ3) is 4.89. The first-order chi connectivity index (χ1) is 9.66. The number of halogens is 3. The summed E-state index contributed by atoms with van der Waals surface area (Å²) in [6.45, 7) is 3.54. The smallest absolute Gasteiger partial charge is 0.391 e. The molecule has 2 N–H and O–H groups in total. The number of amides is 1. The van der Waals surface area contributed by atoms with Crippen LogP contribution in [0.3, 0.4) is 0 Å². The van der Waals surface area contributed by atoms with E-state index in [0.717, 1.165) is 0 Å². The number of aliphatic carboxylic acids is 1. The highest BCUT2D eigenvalue weighted by Gasteiger charge is 2.42. The number of hydrogen-bond donors (Lipinski definition) is 2. The fourth-order valence-corrected chi connectivity index (χ4v) is 2.64. The summed E-state index contributed by atoms with van der Waals surface area (Å²) in [7, 11) is 0. The van der Waals surface area contributed by atoms with E-state index < -0.39 is 35.9 Å². The lowest BCUT2D eigenvalue weighted by Crippen LogP contribution is -2.48. The Kier molecular flexibility index (Phi) is 6.04. The largest absolute Gasteiger partial charge is 0.480 e. The van der Waals surface area contributed by atoms with Gasteiger partial charge in [-0.15, -0.1) is 0 Å². The van der Waals surface area contributed by atoms with Crippen LogP contribution in [-0.2, 0) is 9.59 Å². The van der Waals surface area contributed by atoms with Gasteiger partial charge in [-0.05, 0) is 31.6 Å². The summed E-state index contributed by atoms with van der Waals surface area (Å²) < 4.78 is 37.7. The van der Waals surface area contributed by atoms with Crippen molar-refractivity contribution < 1.29 is 27.9 Å². The first-order valence-corrected chi connectivity index (χ1v) is 7.26. The molecule has 7 heteroatoms. The van der Waals surface area contributed by atoms with Crippen LogP contribution in [0.25, 0.3) is 0 Å². The van der Waals surface area contributed by atoms with Gasteiger partial charge in [0.25, 0.3) is 0 Å². The van der Waals surface area contributed by atoms with E-state index in [-0.39, 0.29) is 31.6 Å². The van der Waals surface area contributed by atoms with Gasteiger partial charge in [0.2, 0.25) is 5.91 Å². The van der Waals surface area contributed by atoms with Crippen molar-refractivity contribution in [1.82, 2.24) is 5.32 Å². The second kappa shape index (κ2) is 7.13. The van der Waals surface area contributed by atoms with Gasteiger partial charge in [-0.3, -0.25) is 4.79 Å². The zero-order valence-corrected chi connectivity index (χ0v) is 12.2. The third-order valence-electron chi connectivity index (χ3n) is 4.34. The van der Waals surface area contributed by atoms with Crippen LogP contribution < -0.4 is 5.32 Å². The zero-order valence-electron chi connectivity index (χ0n) is 12.2. The maximum atomic E-state index is 12.6. The van der Waals surface area contributed by atoms with E-state index in [4.69, 9.17) is 5.11 Å². The number of hydrogen-bond acceptors (Lipinski definition) is 2. The molecule has 1 rings (SSSR count). The maximum Gasteiger partial charge on any atom is 0.391 e. The van der Waals surface area contributed by atoms with Crippen LogP contribution >= 0.6 is 0 Å². The van der Waals surface area contributed by atoms with Gasteiger partial charge in [0, 0.05) is 5.92 Å². The molecule has 1 unspecified atom stereocenters. The molecule has 0 radical (unpaired) electrons. The van der Waals surface area contributed by atoms with Crippen LogP contribution in [0.4, 0.5) is 13.2 Å². The molecule has 4 nitrogen and oxygen atoms in total. The SMILES string of the molecule is CCC(C)[C@H](NC(=O)C1CCC(C(F)(F)F)CC1)C(=O)O. The Bertz CT molecular complexity index is 376. The predicted molar refractivity (Wildman–Crippen MR) is 70.5 cm³/mol. The van der Waals surface area contributed by atoms with Gasteiger partial charge in [-0.1, -0.05) is 20.3 Å². The molecule has 1 aliphatic carbocycles. The van der Waals surface area contributed by atoms with Crippen molar-refractivity contribution in [3.8, 4) is 0 Å². The normalized spacial score (nSPS) is 26.0. The molecule has 0 heterocycles. The first kappa shape index (κ1) is 17.8. The van der Waals surface area contributed by atoms with Gasteiger partial charge < -0.3 is 10.4 Å². The Hall–Kier alpha value is -1.27. The Morgan fingerprint density at radius 3 is 2.14 bits per heavy atom. The zero-order chi connectivity index (χ0) is 16.2. The Labute approximate surface area is 122 Å². The number of nitrogens with one attached hydrogen (secondary N) is 1. The van der Waals surface area contributed by atoms with Crippen molar-refractivity contribution >= 4 is 11.9 Å². The first-order valence-electron chi connectivity index (χ1n) is 7.26. The topological polar surface area (TPSA) is 66.4 Å². The molecule has 1 aliphatic rings. The van der Waals surface area contributed by atoms with Crippen LogP contribution in [0.1, 0.15) is 46.0 Å². The second-order valence-electron chi connectivity index (χ2n) is 5.80. The van der Waals surface area contributed by atoms with Crippen molar-refractivity contribution in [1.29, 1.82) is 0 Å². The molecule has 1 saturated carbocycles. The molecule has 0 aromatic carbocycles. The lowest BCUT2D eigenvalue weighted by atomic mass is 9.81. The molecular weight excluding hydrogens is 287 g/mol. The Morgan fingerprint density at radius 1 is 1.24 bits per heavy atom. The number of carbonyl (C=O) groups is 2. The molecule has 0 aromatic heterocycles. The summed E-state index contributed by atoms with van der Waals surface area (Å²) in [4.78, 5) is 23.2. The second-order valence-corrected chi connectivity index (χ2v) is 5.80. The highest BCUT2D eigenvalue weighted by molar-refractivity contribution is 5.85. The number of rotatable bonds is 5. The fourth-order valence-electron chi connectivity index (χ4n) is 2.64. The summed E-state index contributed by atoms with van der Waals surface area (Å²) in [5.41, 5.74) is 0. The van der Waals surface area contributed by atoms with E-state index in [1.165, 1.54) is 0 Å². The van der Waals surface area contributed by atoms with Crippen LogP contribution in [0.5, 0.6) is 0 Å². The van der Waals surface area contributed by atoms with Gasteiger partial charge in [-0.2, -0.15) is 13.2 Å². The van der Waals surface area contributed by atoms with E-state index >= 15 is 0 Å². The molecule has 1 fully saturated rings. The molecule has 0 aromatic rings. The van der Waals surface area contributed by atoms with Crippen LogP contribution in [0.15, 0.2) is 0 Å². The summed E-state index contributed by atoms with van der Waals surface area (Å²) in [6, 6.07) is -0.983. The van der Waals surface area contributed by atoms with Crippen molar-refractivity contribution in [2.45, 2.75) is 58.2 Å². The Balaban J connectivity index is 2.55. The van der Waals surface area contributed by atoms with Crippen molar-refractivity contribution in [3.05, 3.63) is 0 Å². The molecule has 122 valence electrons. The molecule has 21 heavy (non-hydrogen) atoms. The minimum absolute atomic E-state index is 0.0668. The van der Waals surface area contributed by atoms with Gasteiger partial charge >= 0.3 is 12.1 Å². The van der Waals surface area contributed by atoms with E-state index in [1.807, 2.05) is 6.92 Å². The van der Waals surface area contributed by atoms with Crippen molar-refractivity contribution in [2.75, 3.05) is 0 Å². The third-order valence-corrected chi connectivity index (χ3v) is 4.34. The number of carbonyl (C=O) groups excluding carboxylic acids is 1. The lowest BCUT2D eigenvalue weighted by molar-refractivity contribution is -0.184. The summed E-state index contributed by atoms with van der Waals surface area (Å²) in [6.07, 6.45) is -3.43. The van der Waals surface area contributed by atoms with Gasteiger partial charge in [0.05, 0.1) is 5.92 Å². The minimum atomic E-state index is -4.21. The van der Waals surface area contributed by atoms with E-state index in [2.05, 4.69) is 5.32 Å². The highest BCUT2D eigenvalue weighted by Crippen LogP contribution is 2.39. The average Bonchev–Trinajstić information content (AvgIpc) is 2.42. The van der Waals surface area contributed by atoms with Gasteiger partial charge in [-0.25, -0.2) is 4.79 Å². The number of alkyl halides is 3. The highest BCUT2D eigenvalue weighted by atomic mass is 19.4. The predicted octanol–water partition coefficient (Wildman–Crippen LogP) is 2.97. The number of carboxylic acid groups (broad SMARTS) is 1. The molecule has 0 aliphatic heterocycles. The molecule has 1 amide bonds. The monoisotopic (exact) mass is 309 g/mol. The van der Waals surface area contributed by atoms with Crippen molar-refractivity contribution in [3.63, 3.8) is 0 Å². The molecule has 0 bridgehead atoms. The van der Waals surface area contributed by atoms with E-state index in [0.29, 0.717) is 6.42 Å². The molecular formula is C14H22F3NO3. The maximum absolute atomic E-state index is 12.6. The molecule has 0 spiro atoms.